The van der Waals surface area contributed by atoms with Gasteiger partial charge in [0.15, 0.2) is 0 Å². The van der Waals surface area contributed by atoms with E-state index in [1.165, 1.54) is 60.5 Å². The van der Waals surface area contributed by atoms with E-state index in [4.69, 9.17) is 0 Å². The summed E-state index contributed by atoms with van der Waals surface area (Å²) in [4.78, 5) is 54.7. The molecule has 1 aliphatic heterocycles. The number of benzene rings is 3. The summed E-state index contributed by atoms with van der Waals surface area (Å²) in [5, 5.41) is 21.0. The average Bonchev–Trinajstić information content (AvgIpc) is 3.56. The van der Waals surface area contributed by atoms with Gasteiger partial charge < -0.3 is 14.9 Å². The van der Waals surface area contributed by atoms with E-state index in [-0.39, 0.29) is 49.3 Å². The van der Waals surface area contributed by atoms with E-state index in [1.54, 1.807) is 0 Å². The van der Waals surface area contributed by atoms with Gasteiger partial charge >= 0.3 is 24.5 Å². The van der Waals surface area contributed by atoms with Crippen LogP contribution in [0.15, 0.2) is 66.7 Å². The maximum atomic E-state index is 13.9. The molecule has 1 heterocycles. The predicted molar refractivity (Wildman–Crippen MR) is 177 cm³/mol. The maximum absolute atomic E-state index is 13.9. The van der Waals surface area contributed by atoms with Crippen molar-refractivity contribution in [3.63, 3.8) is 0 Å². The molecule has 4 amide bonds. The van der Waals surface area contributed by atoms with Gasteiger partial charge in [0.05, 0.1) is 22.1 Å². The lowest BCUT2D eigenvalue weighted by Gasteiger charge is -2.36. The molecule has 0 unspecified atom stereocenters. The zero-order valence-corrected chi connectivity index (χ0v) is 28.3. The molecule has 5 rings (SSSR count). The summed E-state index contributed by atoms with van der Waals surface area (Å²) in [6.45, 7) is -0.000452. The fourth-order valence-corrected chi connectivity index (χ4v) is 7.07. The number of alkyl halides is 6. The molecule has 1 saturated carbocycles. The summed E-state index contributed by atoms with van der Waals surface area (Å²) in [5.41, 5.74) is -3.28. The molecule has 53 heavy (non-hydrogen) atoms. The zero-order chi connectivity index (χ0) is 39.0. The van der Waals surface area contributed by atoms with Crippen molar-refractivity contribution in [1.29, 1.82) is 0 Å². The van der Waals surface area contributed by atoms with Gasteiger partial charge in [-0.05, 0) is 73.7 Å². The SMILES string of the molecule is CN(C(=O)N(C)[C@@H]1CN(C(=O)C2CCC(N(C(=O)O)c3ccc([N+](=O)[O-])cc3)CC2)C[C@H]1c1ccc(F)cc1)c1cc(C(F)(F)F)cc(C(F)(F)F)c1. The number of nitrogens with zero attached hydrogens (tertiary/aromatic N) is 5. The van der Waals surface area contributed by atoms with E-state index < -0.39 is 76.0 Å². The molecule has 1 aliphatic carbocycles. The standard InChI is InChI=1S/C35H34F7N5O6/c1-43(28-16-22(34(37,38)39)15-23(17-28)35(40,41)42)32(49)44(2)30-19-45(18-29(30)20-3-7-24(36)8-4-20)31(48)21-5-9-25(10-6-21)46(33(50)51)26-11-13-27(14-12-26)47(52)53/h3-4,7-8,11-17,21,25,29-30H,5-6,9-10,18-19H2,1-2H3,(H,50,51)/t21?,25?,29-,30+/m0/s1. The van der Waals surface area contributed by atoms with Crippen LogP contribution in [-0.2, 0) is 17.1 Å². The Morgan fingerprint density at radius 1 is 0.811 bits per heavy atom. The number of non-ortho nitro benzene ring substituents is 1. The molecule has 3 aromatic rings. The third-order valence-corrected chi connectivity index (χ3v) is 9.90. The number of likely N-dealkylation sites (N-methyl/N-ethyl adjacent to an activating group) is 1. The van der Waals surface area contributed by atoms with Gasteiger partial charge in [-0.1, -0.05) is 12.1 Å². The molecule has 0 radical (unpaired) electrons. The number of carboxylic acid groups (broad SMARTS) is 1. The van der Waals surface area contributed by atoms with Crippen molar-refractivity contribution in [2.75, 3.05) is 37.0 Å². The van der Waals surface area contributed by atoms with Crippen LogP contribution in [0.25, 0.3) is 0 Å². The Kier molecular flexibility index (Phi) is 10.9. The van der Waals surface area contributed by atoms with Crippen LogP contribution >= 0.6 is 0 Å². The highest BCUT2D eigenvalue weighted by Gasteiger charge is 2.44. The number of likely N-dealkylation sites (tertiary alicyclic amines) is 1. The summed E-state index contributed by atoms with van der Waals surface area (Å²) in [6.07, 6.45) is -10.4. The first-order valence-corrected chi connectivity index (χ1v) is 16.4. The molecule has 18 heteroatoms. The van der Waals surface area contributed by atoms with Crippen LogP contribution in [0.5, 0.6) is 0 Å². The number of rotatable bonds is 7. The minimum Gasteiger partial charge on any atom is -0.465 e. The number of carbonyl (C=O) groups is 3. The molecule has 0 spiro atoms. The van der Waals surface area contributed by atoms with Gasteiger partial charge in [0.2, 0.25) is 5.91 Å². The lowest BCUT2D eigenvalue weighted by Crippen LogP contribution is -2.48. The number of amides is 4. The van der Waals surface area contributed by atoms with Crippen molar-refractivity contribution in [3.8, 4) is 0 Å². The second-order valence-electron chi connectivity index (χ2n) is 13.1. The molecule has 2 atom stereocenters. The van der Waals surface area contributed by atoms with Crippen molar-refractivity contribution < 1.29 is 55.1 Å². The smallest absolute Gasteiger partial charge is 0.416 e. The molecule has 2 fully saturated rings. The van der Waals surface area contributed by atoms with Crippen molar-refractivity contribution in [1.82, 2.24) is 9.80 Å². The Balaban J connectivity index is 1.34. The van der Waals surface area contributed by atoms with Crippen LogP contribution in [0.3, 0.4) is 0 Å². The lowest BCUT2D eigenvalue weighted by molar-refractivity contribution is -0.384. The van der Waals surface area contributed by atoms with Crippen LogP contribution in [0, 0.1) is 21.8 Å². The number of hydrogen-bond donors (Lipinski definition) is 1. The number of carbonyl (C=O) groups excluding carboxylic acids is 2. The second kappa shape index (κ2) is 14.9. The van der Waals surface area contributed by atoms with Crippen molar-refractivity contribution in [2.24, 2.45) is 5.92 Å². The van der Waals surface area contributed by atoms with Gasteiger partial charge in [-0.2, -0.15) is 26.3 Å². The van der Waals surface area contributed by atoms with Gasteiger partial charge in [-0.3, -0.25) is 24.7 Å². The van der Waals surface area contributed by atoms with Gasteiger partial charge in [-0.25, -0.2) is 14.0 Å². The Hall–Kier alpha value is -5.42. The summed E-state index contributed by atoms with van der Waals surface area (Å²) in [6, 6.07) is 8.90. The largest absolute Gasteiger partial charge is 0.465 e. The van der Waals surface area contributed by atoms with Crippen LogP contribution in [0.4, 0.5) is 57.4 Å². The van der Waals surface area contributed by atoms with Gasteiger partial charge in [0.1, 0.15) is 5.82 Å². The monoisotopic (exact) mass is 753 g/mol. The summed E-state index contributed by atoms with van der Waals surface area (Å²) in [5.74, 6) is -2.00. The summed E-state index contributed by atoms with van der Waals surface area (Å²) >= 11 is 0. The number of nitro groups is 1. The van der Waals surface area contributed by atoms with E-state index in [0.717, 1.165) is 16.8 Å². The molecule has 284 valence electrons. The number of anilines is 2. The molecule has 3 aromatic carbocycles. The fourth-order valence-electron chi connectivity index (χ4n) is 7.07. The quantitative estimate of drug-likeness (QED) is 0.148. The van der Waals surface area contributed by atoms with Crippen LogP contribution in [-0.4, -0.2) is 77.1 Å². The molecule has 0 bridgehead atoms. The fraction of sp³-hybridized carbons (Fsp3) is 0.400. The van der Waals surface area contributed by atoms with Crippen LogP contribution < -0.4 is 9.80 Å². The van der Waals surface area contributed by atoms with E-state index in [0.29, 0.717) is 35.4 Å². The van der Waals surface area contributed by atoms with Crippen molar-refractivity contribution in [2.45, 2.75) is 56.0 Å². The second-order valence-corrected chi connectivity index (χ2v) is 13.1. The number of halogens is 7. The highest BCUT2D eigenvalue weighted by molar-refractivity contribution is 5.92. The molecular formula is C35H34F7N5O6. The van der Waals surface area contributed by atoms with E-state index in [9.17, 15) is 60.3 Å². The number of nitro benzene ring substituents is 1. The minimum absolute atomic E-state index is 0.0428. The molecular weight excluding hydrogens is 719 g/mol. The van der Waals surface area contributed by atoms with Crippen LogP contribution in [0.1, 0.15) is 48.3 Å². The van der Waals surface area contributed by atoms with Crippen molar-refractivity contribution in [3.05, 3.63) is 99.4 Å². The number of hydrogen-bond acceptors (Lipinski definition) is 5. The Morgan fingerprint density at radius 3 is 1.85 bits per heavy atom. The predicted octanol–water partition coefficient (Wildman–Crippen LogP) is 8.00. The van der Waals surface area contributed by atoms with E-state index >= 15 is 0 Å². The van der Waals surface area contributed by atoms with Crippen LogP contribution in [0.2, 0.25) is 0 Å². The zero-order valence-electron chi connectivity index (χ0n) is 28.3. The molecule has 1 saturated heterocycles. The van der Waals surface area contributed by atoms with Gasteiger partial charge in [0, 0.05) is 68.6 Å². The summed E-state index contributed by atoms with van der Waals surface area (Å²) in [7, 11) is 2.35. The third kappa shape index (κ3) is 8.46. The third-order valence-electron chi connectivity index (χ3n) is 9.90. The first-order chi connectivity index (χ1) is 24.8. The minimum atomic E-state index is -5.14. The molecule has 0 aromatic heterocycles. The Labute approximate surface area is 298 Å². The topological polar surface area (TPSA) is 128 Å². The summed E-state index contributed by atoms with van der Waals surface area (Å²) < 4.78 is 95.2. The number of urea groups is 1. The lowest BCUT2D eigenvalue weighted by atomic mass is 9.84. The maximum Gasteiger partial charge on any atom is 0.416 e. The first kappa shape index (κ1) is 38.8. The van der Waals surface area contributed by atoms with Gasteiger partial charge in [-0.15, -0.1) is 0 Å². The Morgan fingerprint density at radius 2 is 1.36 bits per heavy atom. The van der Waals surface area contributed by atoms with E-state index in [1.807, 2.05) is 0 Å². The molecule has 2 aliphatic rings. The highest BCUT2D eigenvalue weighted by Crippen LogP contribution is 2.40. The van der Waals surface area contributed by atoms with Crippen molar-refractivity contribution >= 4 is 35.1 Å². The highest BCUT2D eigenvalue weighted by atomic mass is 19.4. The Bertz CT molecular complexity index is 1820. The average molecular weight is 754 g/mol. The molecule has 11 nitrogen and oxygen atoms in total. The molecule has 1 N–H and O–H groups in total. The normalized spacial score (nSPS) is 20.5. The van der Waals surface area contributed by atoms with Gasteiger partial charge in [0.25, 0.3) is 5.69 Å². The first-order valence-electron chi connectivity index (χ1n) is 16.4. The van der Waals surface area contributed by atoms with E-state index in [2.05, 4.69) is 0 Å².